The van der Waals surface area contributed by atoms with Gasteiger partial charge in [0.1, 0.15) is 0 Å². The average molecular weight is 197 g/mol. The minimum atomic E-state index is -0.275. The molecule has 1 aromatic carbocycles. The van der Waals surface area contributed by atoms with Crippen LogP contribution in [0.4, 0.5) is 0 Å². The van der Waals surface area contributed by atoms with E-state index >= 15 is 0 Å². The van der Waals surface area contributed by atoms with Crippen molar-refractivity contribution in [3.63, 3.8) is 0 Å². The molecule has 1 atom stereocenters. The SMILES string of the molecule is c1ccc([C@]2(c3ccccn3)CO2)cc1. The molecular weight excluding hydrogens is 186 g/mol. The number of hydrogen-bond acceptors (Lipinski definition) is 2. The van der Waals surface area contributed by atoms with Crippen LogP contribution in [0.15, 0.2) is 54.7 Å². The molecule has 0 saturated carbocycles. The van der Waals surface area contributed by atoms with Gasteiger partial charge in [-0.15, -0.1) is 0 Å². The van der Waals surface area contributed by atoms with Gasteiger partial charge in [-0.3, -0.25) is 4.98 Å². The molecule has 15 heavy (non-hydrogen) atoms. The van der Waals surface area contributed by atoms with Crippen molar-refractivity contribution in [2.24, 2.45) is 0 Å². The van der Waals surface area contributed by atoms with Crippen molar-refractivity contribution in [3.8, 4) is 0 Å². The summed E-state index contributed by atoms with van der Waals surface area (Å²) < 4.78 is 5.61. The van der Waals surface area contributed by atoms with Crippen LogP contribution in [0.25, 0.3) is 0 Å². The lowest BCUT2D eigenvalue weighted by Crippen LogP contribution is -2.12. The van der Waals surface area contributed by atoms with Crippen LogP contribution < -0.4 is 0 Å². The lowest BCUT2D eigenvalue weighted by molar-refractivity contribution is 0.343. The molecule has 0 amide bonds. The third-order valence-electron chi connectivity index (χ3n) is 2.75. The van der Waals surface area contributed by atoms with Crippen molar-refractivity contribution >= 4 is 0 Å². The molecule has 2 aromatic rings. The number of hydrogen-bond donors (Lipinski definition) is 0. The van der Waals surface area contributed by atoms with Crippen LogP contribution in [0, 0.1) is 0 Å². The first-order valence-corrected chi connectivity index (χ1v) is 5.03. The van der Waals surface area contributed by atoms with Gasteiger partial charge in [-0.25, -0.2) is 0 Å². The monoisotopic (exact) mass is 197 g/mol. The number of aromatic nitrogens is 1. The molecule has 0 spiro atoms. The highest BCUT2D eigenvalue weighted by atomic mass is 16.6. The van der Waals surface area contributed by atoms with E-state index in [4.69, 9.17) is 4.74 Å². The van der Waals surface area contributed by atoms with Gasteiger partial charge in [0.2, 0.25) is 0 Å². The number of ether oxygens (including phenoxy) is 1. The van der Waals surface area contributed by atoms with Crippen LogP contribution in [0.2, 0.25) is 0 Å². The summed E-state index contributed by atoms with van der Waals surface area (Å²) >= 11 is 0. The third-order valence-corrected chi connectivity index (χ3v) is 2.75. The molecule has 1 aromatic heterocycles. The molecule has 0 radical (unpaired) electrons. The van der Waals surface area contributed by atoms with E-state index in [0.29, 0.717) is 0 Å². The van der Waals surface area contributed by atoms with Crippen LogP contribution >= 0.6 is 0 Å². The first-order chi connectivity index (χ1) is 7.42. The Bertz CT molecular complexity index is 407. The summed E-state index contributed by atoms with van der Waals surface area (Å²) in [6.07, 6.45) is 1.81. The summed E-state index contributed by atoms with van der Waals surface area (Å²) in [5.74, 6) is 0. The number of rotatable bonds is 2. The van der Waals surface area contributed by atoms with E-state index in [9.17, 15) is 0 Å². The Kier molecular flexibility index (Phi) is 1.82. The summed E-state index contributed by atoms with van der Waals surface area (Å²) in [5.41, 5.74) is 1.91. The molecule has 0 bridgehead atoms. The fraction of sp³-hybridized carbons (Fsp3) is 0.154. The van der Waals surface area contributed by atoms with E-state index in [1.807, 2.05) is 42.6 Å². The van der Waals surface area contributed by atoms with E-state index in [0.717, 1.165) is 12.3 Å². The summed E-state index contributed by atoms with van der Waals surface area (Å²) in [5, 5.41) is 0. The molecule has 2 nitrogen and oxygen atoms in total. The second-order valence-corrected chi connectivity index (χ2v) is 3.70. The molecule has 1 saturated heterocycles. The summed E-state index contributed by atoms with van der Waals surface area (Å²) in [7, 11) is 0. The zero-order valence-corrected chi connectivity index (χ0v) is 8.26. The van der Waals surface area contributed by atoms with Crippen molar-refractivity contribution in [2.45, 2.75) is 5.60 Å². The normalized spacial score (nSPS) is 23.7. The fourth-order valence-corrected chi connectivity index (χ4v) is 1.84. The highest BCUT2D eigenvalue weighted by molar-refractivity contribution is 5.36. The average Bonchev–Trinajstić information content (AvgIpc) is 3.13. The molecule has 1 fully saturated rings. The van der Waals surface area contributed by atoms with E-state index < -0.39 is 0 Å². The zero-order valence-electron chi connectivity index (χ0n) is 8.26. The Morgan fingerprint density at radius 2 is 1.73 bits per heavy atom. The second kappa shape index (κ2) is 3.17. The fourth-order valence-electron chi connectivity index (χ4n) is 1.84. The standard InChI is InChI=1S/C13H11NO/c1-2-6-11(7-3-1)13(10-15-13)12-8-4-5-9-14-12/h1-9H,10H2/t13-/m0/s1. The first kappa shape index (κ1) is 8.62. The van der Waals surface area contributed by atoms with Gasteiger partial charge in [-0.2, -0.15) is 0 Å². The number of nitrogens with zero attached hydrogens (tertiary/aromatic N) is 1. The van der Waals surface area contributed by atoms with Crippen LogP contribution in [0.1, 0.15) is 11.3 Å². The molecule has 0 N–H and O–H groups in total. The van der Waals surface area contributed by atoms with Crippen molar-refractivity contribution < 1.29 is 4.74 Å². The second-order valence-electron chi connectivity index (χ2n) is 3.70. The van der Waals surface area contributed by atoms with Gasteiger partial charge in [0.15, 0.2) is 5.60 Å². The molecule has 2 heterocycles. The predicted molar refractivity (Wildman–Crippen MR) is 57.4 cm³/mol. The largest absolute Gasteiger partial charge is 0.358 e. The molecule has 0 aliphatic carbocycles. The summed E-state index contributed by atoms with van der Waals surface area (Å²) in [4.78, 5) is 4.36. The lowest BCUT2D eigenvalue weighted by Gasteiger charge is -2.10. The molecular formula is C13H11NO. The Morgan fingerprint density at radius 3 is 2.33 bits per heavy atom. The van der Waals surface area contributed by atoms with Gasteiger partial charge in [0, 0.05) is 6.20 Å². The quantitative estimate of drug-likeness (QED) is 0.690. The van der Waals surface area contributed by atoms with Crippen LogP contribution in [-0.2, 0) is 10.3 Å². The van der Waals surface area contributed by atoms with E-state index in [2.05, 4.69) is 17.1 Å². The molecule has 1 aliphatic rings. The van der Waals surface area contributed by atoms with Crippen LogP contribution in [-0.4, -0.2) is 11.6 Å². The molecule has 74 valence electrons. The molecule has 2 heteroatoms. The van der Waals surface area contributed by atoms with Gasteiger partial charge < -0.3 is 4.74 Å². The van der Waals surface area contributed by atoms with E-state index in [1.54, 1.807) is 0 Å². The minimum Gasteiger partial charge on any atom is -0.358 e. The van der Waals surface area contributed by atoms with Gasteiger partial charge >= 0.3 is 0 Å². The van der Waals surface area contributed by atoms with Crippen molar-refractivity contribution in [3.05, 3.63) is 66.0 Å². The van der Waals surface area contributed by atoms with E-state index in [1.165, 1.54) is 5.56 Å². The van der Waals surface area contributed by atoms with Gasteiger partial charge in [-0.05, 0) is 17.7 Å². The van der Waals surface area contributed by atoms with Crippen LogP contribution in [0.3, 0.4) is 0 Å². The maximum Gasteiger partial charge on any atom is 0.158 e. The maximum absolute atomic E-state index is 5.61. The summed E-state index contributed by atoms with van der Waals surface area (Å²) in [6, 6.07) is 16.2. The van der Waals surface area contributed by atoms with Crippen molar-refractivity contribution in [1.29, 1.82) is 0 Å². The van der Waals surface area contributed by atoms with E-state index in [-0.39, 0.29) is 5.60 Å². The number of benzene rings is 1. The Hall–Kier alpha value is -1.67. The Labute approximate surface area is 88.5 Å². The molecule has 0 unspecified atom stereocenters. The smallest absolute Gasteiger partial charge is 0.158 e. The maximum atomic E-state index is 5.61. The highest BCUT2D eigenvalue weighted by Gasteiger charge is 2.49. The third kappa shape index (κ3) is 1.34. The number of epoxide rings is 1. The van der Waals surface area contributed by atoms with Crippen molar-refractivity contribution in [2.75, 3.05) is 6.61 Å². The Balaban J connectivity index is 2.06. The Morgan fingerprint density at radius 1 is 1.00 bits per heavy atom. The van der Waals surface area contributed by atoms with Gasteiger partial charge in [0.25, 0.3) is 0 Å². The van der Waals surface area contributed by atoms with Gasteiger partial charge in [-0.1, -0.05) is 36.4 Å². The topological polar surface area (TPSA) is 25.4 Å². The minimum absolute atomic E-state index is 0.275. The number of pyridine rings is 1. The zero-order chi connectivity index (χ0) is 10.1. The first-order valence-electron chi connectivity index (χ1n) is 5.03. The summed E-state index contributed by atoms with van der Waals surface area (Å²) in [6.45, 7) is 0.730. The van der Waals surface area contributed by atoms with Crippen LogP contribution in [0.5, 0.6) is 0 Å². The van der Waals surface area contributed by atoms with Crippen molar-refractivity contribution in [1.82, 2.24) is 4.98 Å². The molecule has 3 rings (SSSR count). The highest BCUT2D eigenvalue weighted by Crippen LogP contribution is 2.43. The van der Waals surface area contributed by atoms with Gasteiger partial charge in [0.05, 0.1) is 12.3 Å². The molecule has 1 aliphatic heterocycles. The predicted octanol–water partition coefficient (Wildman–Crippen LogP) is 2.36. The lowest BCUT2D eigenvalue weighted by atomic mass is 9.96.